The molecule has 2 aliphatic rings. The van der Waals surface area contributed by atoms with Crippen LogP contribution in [-0.4, -0.2) is 24.4 Å². The van der Waals surface area contributed by atoms with Crippen LogP contribution in [0.3, 0.4) is 0 Å². The standard InChI is InChI=1S/C24H28N2O2/c1-16-13-17-7-5-6-8-21(17)26(16)23(28)18-14-22(27)25(15-18)20-11-9-19(10-12-20)24(2,3)4/h5-12,16,18H,13-15H2,1-4H3. The minimum Gasteiger partial charge on any atom is -0.312 e. The third kappa shape index (κ3) is 3.21. The van der Waals surface area contributed by atoms with Crippen LogP contribution in [-0.2, 0) is 21.4 Å². The van der Waals surface area contributed by atoms with Crippen LogP contribution >= 0.6 is 0 Å². The molecule has 0 aliphatic carbocycles. The Balaban J connectivity index is 1.53. The first-order chi connectivity index (χ1) is 13.3. The van der Waals surface area contributed by atoms with Crippen LogP contribution in [0, 0.1) is 5.92 Å². The highest BCUT2D eigenvalue weighted by atomic mass is 16.2. The zero-order valence-electron chi connectivity index (χ0n) is 17.1. The number of rotatable bonds is 2. The second-order valence-electron chi connectivity index (χ2n) is 9.09. The van der Waals surface area contributed by atoms with Crippen molar-refractivity contribution < 1.29 is 9.59 Å². The lowest BCUT2D eigenvalue weighted by molar-refractivity contribution is -0.124. The molecule has 4 nitrogen and oxygen atoms in total. The summed E-state index contributed by atoms with van der Waals surface area (Å²) in [4.78, 5) is 29.6. The number of anilines is 2. The first-order valence-corrected chi connectivity index (χ1v) is 10.1. The molecule has 4 heteroatoms. The summed E-state index contributed by atoms with van der Waals surface area (Å²) in [5.74, 6) is -0.190. The minimum absolute atomic E-state index is 0.0296. The van der Waals surface area contributed by atoms with Crippen molar-refractivity contribution in [1.82, 2.24) is 0 Å². The normalized spacial score (nSPS) is 21.9. The number of amides is 2. The molecule has 2 aromatic carbocycles. The molecule has 2 heterocycles. The lowest BCUT2D eigenvalue weighted by Gasteiger charge is -2.26. The van der Waals surface area contributed by atoms with Crippen LogP contribution in [0.25, 0.3) is 0 Å². The van der Waals surface area contributed by atoms with Gasteiger partial charge in [0, 0.05) is 30.4 Å². The van der Waals surface area contributed by atoms with Gasteiger partial charge in [0.15, 0.2) is 0 Å². The quantitative estimate of drug-likeness (QED) is 0.783. The SMILES string of the molecule is CC1Cc2ccccc2N1C(=O)C1CC(=O)N(c2ccc(C(C)(C)C)cc2)C1. The maximum Gasteiger partial charge on any atom is 0.232 e. The van der Waals surface area contributed by atoms with E-state index >= 15 is 0 Å². The van der Waals surface area contributed by atoms with Crippen LogP contribution in [0.15, 0.2) is 48.5 Å². The van der Waals surface area contributed by atoms with E-state index in [1.807, 2.05) is 35.2 Å². The molecule has 0 saturated carbocycles. The maximum atomic E-state index is 13.3. The van der Waals surface area contributed by atoms with Gasteiger partial charge in [0.1, 0.15) is 0 Å². The van der Waals surface area contributed by atoms with Gasteiger partial charge < -0.3 is 9.80 Å². The van der Waals surface area contributed by atoms with Gasteiger partial charge in [-0.1, -0.05) is 51.1 Å². The van der Waals surface area contributed by atoms with Crippen LogP contribution in [0.2, 0.25) is 0 Å². The molecule has 0 radical (unpaired) electrons. The summed E-state index contributed by atoms with van der Waals surface area (Å²) >= 11 is 0. The summed E-state index contributed by atoms with van der Waals surface area (Å²) in [5, 5.41) is 0. The fraction of sp³-hybridized carbons (Fsp3) is 0.417. The zero-order valence-corrected chi connectivity index (χ0v) is 17.1. The molecule has 2 aromatic rings. The number of para-hydroxylation sites is 1. The Morgan fingerprint density at radius 1 is 1.00 bits per heavy atom. The van der Waals surface area contributed by atoms with E-state index in [1.54, 1.807) is 4.90 Å². The Hall–Kier alpha value is -2.62. The number of carbonyl (C=O) groups excluding carboxylic acids is 2. The van der Waals surface area contributed by atoms with Crippen molar-refractivity contribution in [1.29, 1.82) is 0 Å². The molecule has 2 aliphatic heterocycles. The van der Waals surface area contributed by atoms with Crippen molar-refractivity contribution in [2.24, 2.45) is 5.92 Å². The van der Waals surface area contributed by atoms with Crippen LogP contribution in [0.4, 0.5) is 11.4 Å². The molecule has 0 aromatic heterocycles. The van der Waals surface area contributed by atoms with Crippen LogP contribution < -0.4 is 9.80 Å². The third-order valence-electron chi connectivity index (χ3n) is 5.96. The molecule has 146 valence electrons. The number of nitrogens with zero attached hydrogens (tertiary/aromatic N) is 2. The second-order valence-corrected chi connectivity index (χ2v) is 9.09. The summed E-state index contributed by atoms with van der Waals surface area (Å²) in [6, 6.07) is 16.4. The molecule has 28 heavy (non-hydrogen) atoms. The minimum atomic E-state index is -0.289. The highest BCUT2D eigenvalue weighted by molar-refractivity contribution is 6.05. The maximum absolute atomic E-state index is 13.3. The van der Waals surface area contributed by atoms with Crippen molar-refractivity contribution in [3.05, 3.63) is 59.7 Å². The summed E-state index contributed by atoms with van der Waals surface area (Å²) in [6.07, 6.45) is 1.16. The summed E-state index contributed by atoms with van der Waals surface area (Å²) in [5.41, 5.74) is 4.40. The van der Waals surface area contributed by atoms with Crippen LogP contribution in [0.1, 0.15) is 45.2 Å². The van der Waals surface area contributed by atoms with E-state index in [2.05, 4.69) is 45.9 Å². The Morgan fingerprint density at radius 3 is 2.36 bits per heavy atom. The second kappa shape index (κ2) is 6.77. The summed E-state index contributed by atoms with van der Waals surface area (Å²) in [6.45, 7) is 9.06. The lowest BCUT2D eigenvalue weighted by Crippen LogP contribution is -2.41. The lowest BCUT2D eigenvalue weighted by atomic mass is 9.87. The number of benzene rings is 2. The van der Waals surface area contributed by atoms with Gasteiger partial charge >= 0.3 is 0 Å². The van der Waals surface area contributed by atoms with Crippen LogP contribution in [0.5, 0.6) is 0 Å². The molecule has 0 N–H and O–H groups in total. The van der Waals surface area contributed by atoms with Crippen molar-refractivity contribution in [3.63, 3.8) is 0 Å². The Morgan fingerprint density at radius 2 is 1.68 bits per heavy atom. The molecule has 0 bridgehead atoms. The Labute approximate surface area is 167 Å². The molecular formula is C24H28N2O2. The van der Waals surface area contributed by atoms with Gasteiger partial charge in [0.25, 0.3) is 0 Å². The largest absolute Gasteiger partial charge is 0.312 e. The first-order valence-electron chi connectivity index (χ1n) is 10.1. The van der Waals surface area contributed by atoms with Crippen molar-refractivity contribution in [2.45, 2.75) is 52.0 Å². The highest BCUT2D eigenvalue weighted by Gasteiger charge is 2.41. The molecule has 0 spiro atoms. The molecule has 4 rings (SSSR count). The monoisotopic (exact) mass is 376 g/mol. The van der Waals surface area contributed by atoms with Gasteiger partial charge in [-0.25, -0.2) is 0 Å². The van der Waals surface area contributed by atoms with E-state index in [1.165, 1.54) is 11.1 Å². The van der Waals surface area contributed by atoms with E-state index in [4.69, 9.17) is 0 Å². The molecule has 1 saturated heterocycles. The average molecular weight is 377 g/mol. The smallest absolute Gasteiger partial charge is 0.232 e. The zero-order chi connectivity index (χ0) is 20.1. The van der Waals surface area contributed by atoms with E-state index in [9.17, 15) is 9.59 Å². The van der Waals surface area contributed by atoms with E-state index < -0.39 is 0 Å². The fourth-order valence-electron chi connectivity index (χ4n) is 4.36. The third-order valence-corrected chi connectivity index (χ3v) is 5.96. The summed E-state index contributed by atoms with van der Waals surface area (Å²) < 4.78 is 0. The number of carbonyl (C=O) groups is 2. The molecule has 1 fully saturated rings. The summed E-state index contributed by atoms with van der Waals surface area (Å²) in [7, 11) is 0. The van der Waals surface area contributed by atoms with Crippen molar-refractivity contribution in [3.8, 4) is 0 Å². The molecule has 2 unspecified atom stereocenters. The number of hydrogen-bond donors (Lipinski definition) is 0. The first kappa shape index (κ1) is 18.7. The van der Waals surface area contributed by atoms with Gasteiger partial charge in [-0.3, -0.25) is 9.59 Å². The van der Waals surface area contributed by atoms with Crippen molar-refractivity contribution >= 4 is 23.2 Å². The van der Waals surface area contributed by atoms with Gasteiger partial charge in [0.05, 0.1) is 5.92 Å². The van der Waals surface area contributed by atoms with Gasteiger partial charge in [-0.05, 0) is 48.1 Å². The molecule has 2 atom stereocenters. The van der Waals surface area contributed by atoms with E-state index in [0.717, 1.165) is 17.8 Å². The number of fused-ring (bicyclic) bond motifs is 1. The van der Waals surface area contributed by atoms with Crippen molar-refractivity contribution in [2.75, 3.05) is 16.3 Å². The Bertz CT molecular complexity index is 911. The predicted molar refractivity (Wildman–Crippen MR) is 113 cm³/mol. The predicted octanol–water partition coefficient (Wildman–Crippen LogP) is 4.31. The average Bonchev–Trinajstić information content (AvgIpc) is 3.20. The highest BCUT2D eigenvalue weighted by Crippen LogP contribution is 2.35. The molecular weight excluding hydrogens is 348 g/mol. The number of hydrogen-bond acceptors (Lipinski definition) is 2. The van der Waals surface area contributed by atoms with Gasteiger partial charge in [-0.15, -0.1) is 0 Å². The topological polar surface area (TPSA) is 40.6 Å². The van der Waals surface area contributed by atoms with Gasteiger partial charge in [0.2, 0.25) is 11.8 Å². The fourth-order valence-corrected chi connectivity index (χ4v) is 4.36. The molecule has 2 amide bonds. The van der Waals surface area contributed by atoms with E-state index in [-0.39, 0.29) is 35.6 Å². The van der Waals surface area contributed by atoms with E-state index in [0.29, 0.717) is 6.54 Å². The Kier molecular flexibility index (Phi) is 4.53. The van der Waals surface area contributed by atoms with Gasteiger partial charge in [-0.2, -0.15) is 0 Å².